The number of para-hydroxylation sites is 1. The molecule has 0 radical (unpaired) electrons. The number of rotatable bonds is 6. The Morgan fingerprint density at radius 2 is 2.12 bits per heavy atom. The lowest BCUT2D eigenvalue weighted by Gasteiger charge is -2.37. The largest absolute Gasteiger partial charge is 0.496 e. The van der Waals surface area contributed by atoms with Gasteiger partial charge in [0.05, 0.1) is 13.0 Å². The van der Waals surface area contributed by atoms with Gasteiger partial charge in [-0.3, -0.25) is 14.7 Å². The smallest absolute Gasteiger partial charge is 0.307 e. The number of benzene rings is 1. The Hall–Kier alpha value is -2.40. The average Bonchev–Trinajstić information content (AvgIpc) is 2.67. The topological polar surface area (TPSA) is 62.7 Å². The first-order chi connectivity index (χ1) is 12.2. The summed E-state index contributed by atoms with van der Waals surface area (Å²) in [6, 6.07) is 13.9. The average molecular weight is 340 g/mol. The Labute approximate surface area is 148 Å². The van der Waals surface area contributed by atoms with Gasteiger partial charge in [-0.15, -0.1) is 0 Å². The molecule has 5 heteroatoms. The molecule has 0 aliphatic carbocycles. The minimum atomic E-state index is -0.707. The van der Waals surface area contributed by atoms with E-state index in [0.29, 0.717) is 6.54 Å². The maximum atomic E-state index is 11.5. The van der Waals surface area contributed by atoms with Crippen molar-refractivity contribution in [2.75, 3.05) is 20.2 Å². The van der Waals surface area contributed by atoms with E-state index in [4.69, 9.17) is 4.74 Å². The monoisotopic (exact) mass is 340 g/mol. The molecular formula is C20H24N2O3. The van der Waals surface area contributed by atoms with E-state index in [1.165, 1.54) is 0 Å². The standard InChI is InChI=1S/C20H24N2O3/c1-25-19-10-3-2-9-17(19)18(13-16-8-4-5-11-21-16)22-12-6-7-15(14-22)20(23)24/h2-5,8-11,15,18H,6-7,12-14H2,1H3,(H,23,24). The number of ether oxygens (including phenoxy) is 1. The van der Waals surface area contributed by atoms with Gasteiger partial charge >= 0.3 is 5.97 Å². The van der Waals surface area contributed by atoms with Crippen LogP contribution >= 0.6 is 0 Å². The van der Waals surface area contributed by atoms with Crippen molar-refractivity contribution in [1.82, 2.24) is 9.88 Å². The van der Waals surface area contributed by atoms with E-state index in [9.17, 15) is 9.90 Å². The summed E-state index contributed by atoms with van der Waals surface area (Å²) in [5.74, 6) is -0.183. The highest BCUT2D eigenvalue weighted by atomic mass is 16.5. The Kier molecular flexibility index (Phi) is 5.66. The maximum Gasteiger partial charge on any atom is 0.307 e. The molecule has 2 atom stereocenters. The first-order valence-electron chi connectivity index (χ1n) is 8.68. The molecule has 5 nitrogen and oxygen atoms in total. The van der Waals surface area contributed by atoms with Crippen molar-refractivity contribution in [2.24, 2.45) is 5.92 Å². The lowest BCUT2D eigenvalue weighted by Crippen LogP contribution is -2.41. The second kappa shape index (κ2) is 8.12. The predicted octanol–water partition coefficient (Wildman–Crippen LogP) is 3.17. The zero-order chi connectivity index (χ0) is 17.6. The van der Waals surface area contributed by atoms with E-state index >= 15 is 0 Å². The highest BCUT2D eigenvalue weighted by Crippen LogP contribution is 2.34. The second-order valence-electron chi connectivity index (χ2n) is 6.46. The van der Waals surface area contributed by atoms with E-state index in [1.807, 2.05) is 36.4 Å². The molecule has 2 unspecified atom stereocenters. The fourth-order valence-electron chi connectivity index (χ4n) is 3.59. The van der Waals surface area contributed by atoms with Crippen molar-refractivity contribution in [3.05, 3.63) is 59.9 Å². The number of carboxylic acid groups (broad SMARTS) is 1. The van der Waals surface area contributed by atoms with Crippen LogP contribution < -0.4 is 4.74 Å². The third-order valence-electron chi connectivity index (χ3n) is 4.87. The van der Waals surface area contributed by atoms with Gasteiger partial charge in [0.2, 0.25) is 0 Å². The van der Waals surface area contributed by atoms with Crippen LogP contribution in [0.2, 0.25) is 0 Å². The summed E-state index contributed by atoms with van der Waals surface area (Å²) in [5.41, 5.74) is 2.08. The van der Waals surface area contributed by atoms with E-state index in [-0.39, 0.29) is 12.0 Å². The normalized spacial score (nSPS) is 19.3. The molecule has 25 heavy (non-hydrogen) atoms. The van der Waals surface area contributed by atoms with Crippen molar-refractivity contribution in [3.63, 3.8) is 0 Å². The minimum absolute atomic E-state index is 0.0493. The van der Waals surface area contributed by atoms with Crippen LogP contribution in [0.4, 0.5) is 0 Å². The van der Waals surface area contributed by atoms with Crippen LogP contribution in [-0.4, -0.2) is 41.2 Å². The Balaban J connectivity index is 1.92. The molecular weight excluding hydrogens is 316 g/mol. The highest BCUT2D eigenvalue weighted by Gasteiger charge is 2.31. The lowest BCUT2D eigenvalue weighted by atomic mass is 9.92. The molecule has 132 valence electrons. The van der Waals surface area contributed by atoms with Gasteiger partial charge in [0.25, 0.3) is 0 Å². The number of pyridine rings is 1. The summed E-state index contributed by atoms with van der Waals surface area (Å²) in [5, 5.41) is 9.44. The van der Waals surface area contributed by atoms with Crippen molar-refractivity contribution >= 4 is 5.97 Å². The van der Waals surface area contributed by atoms with Gasteiger partial charge in [-0.05, 0) is 37.6 Å². The van der Waals surface area contributed by atoms with Crippen molar-refractivity contribution in [2.45, 2.75) is 25.3 Å². The number of aromatic nitrogens is 1. The second-order valence-corrected chi connectivity index (χ2v) is 6.46. The molecule has 0 bridgehead atoms. The molecule has 1 aromatic heterocycles. The van der Waals surface area contributed by atoms with E-state index in [0.717, 1.165) is 42.8 Å². The van der Waals surface area contributed by atoms with Gasteiger partial charge in [0.1, 0.15) is 5.75 Å². The van der Waals surface area contributed by atoms with Crippen LogP contribution in [0.3, 0.4) is 0 Å². The van der Waals surface area contributed by atoms with Gasteiger partial charge in [-0.2, -0.15) is 0 Å². The van der Waals surface area contributed by atoms with Crippen molar-refractivity contribution in [3.8, 4) is 5.75 Å². The fraction of sp³-hybridized carbons (Fsp3) is 0.400. The molecule has 0 saturated carbocycles. The molecule has 1 fully saturated rings. The zero-order valence-electron chi connectivity index (χ0n) is 14.5. The number of aliphatic carboxylic acids is 1. The summed E-state index contributed by atoms with van der Waals surface area (Å²) in [6.45, 7) is 1.45. The van der Waals surface area contributed by atoms with Gasteiger partial charge in [0, 0.05) is 36.5 Å². The Bertz CT molecular complexity index is 705. The molecule has 2 aromatic rings. The van der Waals surface area contributed by atoms with Gasteiger partial charge in [0.15, 0.2) is 0 Å². The van der Waals surface area contributed by atoms with Crippen molar-refractivity contribution < 1.29 is 14.6 Å². The van der Waals surface area contributed by atoms with Gasteiger partial charge < -0.3 is 9.84 Å². The van der Waals surface area contributed by atoms with Crippen LogP contribution in [0, 0.1) is 5.92 Å². The zero-order valence-corrected chi connectivity index (χ0v) is 14.5. The molecule has 1 aliphatic heterocycles. The van der Waals surface area contributed by atoms with Crippen LogP contribution in [0.5, 0.6) is 5.75 Å². The summed E-state index contributed by atoms with van der Waals surface area (Å²) < 4.78 is 5.57. The van der Waals surface area contributed by atoms with Crippen LogP contribution in [0.25, 0.3) is 0 Å². The molecule has 2 heterocycles. The van der Waals surface area contributed by atoms with E-state index in [1.54, 1.807) is 13.3 Å². The molecule has 1 saturated heterocycles. The number of hydrogen-bond donors (Lipinski definition) is 1. The third kappa shape index (κ3) is 4.17. The summed E-state index contributed by atoms with van der Waals surface area (Å²) in [7, 11) is 1.67. The number of carboxylic acids is 1. The Morgan fingerprint density at radius 1 is 1.32 bits per heavy atom. The summed E-state index contributed by atoms with van der Waals surface area (Å²) in [4.78, 5) is 18.2. The number of carbonyl (C=O) groups is 1. The fourth-order valence-corrected chi connectivity index (χ4v) is 3.59. The number of piperidine rings is 1. The summed E-state index contributed by atoms with van der Waals surface area (Å²) in [6.07, 6.45) is 4.16. The molecule has 1 N–H and O–H groups in total. The van der Waals surface area contributed by atoms with Crippen LogP contribution in [0.15, 0.2) is 48.7 Å². The van der Waals surface area contributed by atoms with Crippen LogP contribution in [-0.2, 0) is 11.2 Å². The molecule has 1 aliphatic rings. The number of nitrogens with zero attached hydrogens (tertiary/aromatic N) is 2. The highest BCUT2D eigenvalue weighted by molar-refractivity contribution is 5.70. The van der Waals surface area contributed by atoms with Gasteiger partial charge in [-0.1, -0.05) is 24.3 Å². The summed E-state index contributed by atoms with van der Waals surface area (Å²) >= 11 is 0. The van der Waals surface area contributed by atoms with E-state index < -0.39 is 5.97 Å². The number of methoxy groups -OCH3 is 1. The SMILES string of the molecule is COc1ccccc1C(Cc1ccccn1)N1CCCC(C(=O)O)C1. The van der Waals surface area contributed by atoms with Crippen LogP contribution in [0.1, 0.15) is 30.1 Å². The molecule has 0 amide bonds. The quantitative estimate of drug-likeness (QED) is 0.875. The molecule has 0 spiro atoms. The maximum absolute atomic E-state index is 11.5. The molecule has 3 rings (SSSR count). The lowest BCUT2D eigenvalue weighted by molar-refractivity contribution is -0.144. The number of likely N-dealkylation sites (tertiary alicyclic amines) is 1. The Morgan fingerprint density at radius 3 is 2.84 bits per heavy atom. The third-order valence-corrected chi connectivity index (χ3v) is 4.87. The number of hydrogen-bond acceptors (Lipinski definition) is 4. The predicted molar refractivity (Wildman–Crippen MR) is 95.6 cm³/mol. The minimum Gasteiger partial charge on any atom is -0.496 e. The van der Waals surface area contributed by atoms with Crippen molar-refractivity contribution in [1.29, 1.82) is 0 Å². The van der Waals surface area contributed by atoms with Gasteiger partial charge in [-0.25, -0.2) is 0 Å². The van der Waals surface area contributed by atoms with E-state index in [2.05, 4.69) is 16.0 Å². The first kappa shape index (κ1) is 17.4. The molecule has 1 aromatic carbocycles. The first-order valence-corrected chi connectivity index (χ1v) is 8.68.